The molecule has 7 heteroatoms. The van der Waals surface area contributed by atoms with Crippen molar-refractivity contribution in [3.8, 4) is 11.4 Å². The number of hydrogen-bond donors (Lipinski definition) is 3. The minimum atomic E-state index is -0.190. The van der Waals surface area contributed by atoms with Crippen LogP contribution in [0.5, 0.6) is 0 Å². The first kappa shape index (κ1) is 17.2. The highest BCUT2D eigenvalue weighted by Gasteiger charge is 2.12. The molecular formula is C20H16BrN5O. The number of aromatic nitrogens is 3. The maximum Gasteiger partial charge on any atom is 0.251 e. The molecule has 4 aromatic rings. The smallest absolute Gasteiger partial charge is 0.251 e. The first-order chi connectivity index (χ1) is 13.1. The third kappa shape index (κ3) is 3.83. The molecule has 6 nitrogen and oxygen atoms in total. The molecule has 0 radical (unpaired) electrons. The van der Waals surface area contributed by atoms with Gasteiger partial charge in [-0.25, -0.2) is 9.97 Å². The van der Waals surface area contributed by atoms with Crippen molar-refractivity contribution in [1.29, 1.82) is 0 Å². The van der Waals surface area contributed by atoms with Gasteiger partial charge in [0, 0.05) is 34.0 Å². The minimum Gasteiger partial charge on any atom is -0.399 e. The van der Waals surface area contributed by atoms with Crippen molar-refractivity contribution in [2.24, 2.45) is 0 Å². The Bertz CT molecular complexity index is 1120. The molecule has 0 aliphatic heterocycles. The Balaban J connectivity index is 1.61. The van der Waals surface area contributed by atoms with Gasteiger partial charge in [0.05, 0.1) is 5.52 Å². The number of H-pyrrole nitrogens is 1. The van der Waals surface area contributed by atoms with Crippen LogP contribution in [0.25, 0.3) is 22.6 Å². The molecule has 4 N–H and O–H groups in total. The Kier molecular flexibility index (Phi) is 4.60. The number of rotatable bonds is 4. The van der Waals surface area contributed by atoms with Gasteiger partial charge in [-0.15, -0.1) is 0 Å². The van der Waals surface area contributed by atoms with Crippen LogP contribution in [0.15, 0.2) is 65.3 Å². The molecule has 0 aliphatic rings. The first-order valence-electron chi connectivity index (χ1n) is 8.33. The molecule has 0 saturated heterocycles. The van der Waals surface area contributed by atoms with Crippen molar-refractivity contribution in [1.82, 2.24) is 20.3 Å². The Morgan fingerprint density at radius 1 is 1.15 bits per heavy atom. The lowest BCUT2D eigenvalue weighted by Crippen LogP contribution is -2.22. The summed E-state index contributed by atoms with van der Waals surface area (Å²) in [6, 6.07) is 16.8. The number of benzene rings is 2. The van der Waals surface area contributed by atoms with Crippen LogP contribution in [0, 0.1) is 0 Å². The van der Waals surface area contributed by atoms with Gasteiger partial charge >= 0.3 is 0 Å². The number of imidazole rings is 1. The molecule has 27 heavy (non-hydrogen) atoms. The number of carbonyl (C=O) groups is 1. The molecule has 0 fully saturated rings. The van der Waals surface area contributed by atoms with E-state index in [0.717, 1.165) is 21.1 Å². The SMILES string of the molecule is Nc1cc(C(=O)NCc2ccccc2)cc(-c2nc3ncc(Br)cc3[nH]2)c1. The first-order valence-corrected chi connectivity index (χ1v) is 9.12. The zero-order valence-electron chi connectivity index (χ0n) is 14.2. The van der Waals surface area contributed by atoms with E-state index in [0.29, 0.717) is 29.3 Å². The number of halogens is 1. The van der Waals surface area contributed by atoms with Crippen LogP contribution in [-0.4, -0.2) is 20.9 Å². The summed E-state index contributed by atoms with van der Waals surface area (Å²) in [6.07, 6.45) is 1.69. The maximum absolute atomic E-state index is 12.6. The lowest BCUT2D eigenvalue weighted by molar-refractivity contribution is 0.0951. The van der Waals surface area contributed by atoms with E-state index >= 15 is 0 Å². The zero-order valence-corrected chi connectivity index (χ0v) is 15.8. The third-order valence-corrected chi connectivity index (χ3v) is 4.52. The Morgan fingerprint density at radius 2 is 1.96 bits per heavy atom. The van der Waals surface area contributed by atoms with Gasteiger partial charge in [0.2, 0.25) is 0 Å². The average Bonchev–Trinajstić information content (AvgIpc) is 3.09. The van der Waals surface area contributed by atoms with Gasteiger partial charge in [-0.1, -0.05) is 30.3 Å². The van der Waals surface area contributed by atoms with Crippen LogP contribution in [0.2, 0.25) is 0 Å². The molecular weight excluding hydrogens is 406 g/mol. The van der Waals surface area contributed by atoms with Gasteiger partial charge in [-0.3, -0.25) is 4.79 Å². The second kappa shape index (κ2) is 7.20. The molecule has 0 spiro atoms. The van der Waals surface area contributed by atoms with E-state index in [-0.39, 0.29) is 5.91 Å². The van der Waals surface area contributed by atoms with E-state index in [9.17, 15) is 4.79 Å². The summed E-state index contributed by atoms with van der Waals surface area (Å²) in [5, 5.41) is 2.91. The average molecular weight is 422 g/mol. The lowest BCUT2D eigenvalue weighted by Gasteiger charge is -2.08. The lowest BCUT2D eigenvalue weighted by atomic mass is 10.1. The predicted octanol–water partition coefficient (Wildman–Crippen LogP) is 3.90. The number of nitrogens with one attached hydrogen (secondary N) is 2. The second-order valence-corrected chi connectivity index (χ2v) is 7.04. The molecule has 2 aromatic heterocycles. The van der Waals surface area contributed by atoms with E-state index in [1.54, 1.807) is 24.4 Å². The van der Waals surface area contributed by atoms with Crippen molar-refractivity contribution in [3.63, 3.8) is 0 Å². The topological polar surface area (TPSA) is 96.7 Å². The fourth-order valence-electron chi connectivity index (χ4n) is 2.81. The molecule has 0 atom stereocenters. The second-order valence-electron chi connectivity index (χ2n) is 6.12. The largest absolute Gasteiger partial charge is 0.399 e. The van der Waals surface area contributed by atoms with E-state index in [1.165, 1.54) is 0 Å². The van der Waals surface area contributed by atoms with Crippen LogP contribution in [-0.2, 0) is 6.54 Å². The van der Waals surface area contributed by atoms with Gasteiger partial charge in [-0.05, 0) is 45.8 Å². The maximum atomic E-state index is 12.6. The molecule has 0 bridgehead atoms. The fourth-order valence-corrected chi connectivity index (χ4v) is 3.14. The van der Waals surface area contributed by atoms with Crippen LogP contribution < -0.4 is 11.1 Å². The number of aromatic amines is 1. The van der Waals surface area contributed by atoms with Crippen LogP contribution >= 0.6 is 15.9 Å². The van der Waals surface area contributed by atoms with Crippen LogP contribution in [0.1, 0.15) is 15.9 Å². The summed E-state index contributed by atoms with van der Waals surface area (Å²) in [4.78, 5) is 24.5. The molecule has 1 amide bonds. The summed E-state index contributed by atoms with van der Waals surface area (Å²) < 4.78 is 0.860. The molecule has 134 valence electrons. The van der Waals surface area contributed by atoms with Gasteiger partial charge in [-0.2, -0.15) is 0 Å². The highest BCUT2D eigenvalue weighted by molar-refractivity contribution is 9.10. The Labute approximate surface area is 164 Å². The quantitative estimate of drug-likeness (QED) is 0.435. The number of carbonyl (C=O) groups excluding carboxylic acids is 1. The summed E-state index contributed by atoms with van der Waals surface area (Å²) >= 11 is 3.39. The van der Waals surface area contributed by atoms with E-state index in [4.69, 9.17) is 5.73 Å². The number of hydrogen-bond acceptors (Lipinski definition) is 4. The number of nitrogens with two attached hydrogens (primary N) is 1. The number of amides is 1. The molecule has 2 heterocycles. The van der Waals surface area contributed by atoms with Gasteiger partial charge in [0.15, 0.2) is 5.65 Å². The number of pyridine rings is 1. The minimum absolute atomic E-state index is 0.190. The molecule has 0 aliphatic carbocycles. The number of fused-ring (bicyclic) bond motifs is 1. The summed E-state index contributed by atoms with van der Waals surface area (Å²) in [5.74, 6) is 0.421. The Morgan fingerprint density at radius 3 is 2.78 bits per heavy atom. The Hall–Kier alpha value is -3.19. The van der Waals surface area contributed by atoms with Crippen molar-refractivity contribution in [3.05, 3.63) is 76.4 Å². The van der Waals surface area contributed by atoms with Crippen molar-refractivity contribution in [2.45, 2.75) is 6.54 Å². The van der Waals surface area contributed by atoms with Gasteiger partial charge < -0.3 is 16.0 Å². The predicted molar refractivity (Wildman–Crippen MR) is 109 cm³/mol. The van der Waals surface area contributed by atoms with Gasteiger partial charge in [0.1, 0.15) is 5.82 Å². The third-order valence-electron chi connectivity index (χ3n) is 4.09. The van der Waals surface area contributed by atoms with Crippen molar-refractivity contribution >= 4 is 38.7 Å². The highest BCUT2D eigenvalue weighted by Crippen LogP contribution is 2.24. The van der Waals surface area contributed by atoms with Crippen LogP contribution in [0.4, 0.5) is 5.69 Å². The summed E-state index contributed by atoms with van der Waals surface area (Å²) in [6.45, 7) is 0.451. The molecule has 4 rings (SSSR count). The summed E-state index contributed by atoms with van der Waals surface area (Å²) in [7, 11) is 0. The van der Waals surface area contributed by atoms with Gasteiger partial charge in [0.25, 0.3) is 5.91 Å². The van der Waals surface area contributed by atoms with Crippen molar-refractivity contribution in [2.75, 3.05) is 5.73 Å². The number of nitrogen functional groups attached to an aromatic ring is 1. The van der Waals surface area contributed by atoms with E-state index < -0.39 is 0 Å². The van der Waals surface area contributed by atoms with E-state index in [1.807, 2.05) is 36.4 Å². The fraction of sp³-hybridized carbons (Fsp3) is 0.0500. The standard InChI is InChI=1S/C20H16BrN5O/c21-15-9-17-19(23-11-15)26-18(25-17)13-6-14(8-16(22)7-13)20(27)24-10-12-4-2-1-3-5-12/h1-9,11H,10,22H2,(H,24,27)(H,23,25,26). The zero-order chi connectivity index (χ0) is 18.8. The van der Waals surface area contributed by atoms with Crippen LogP contribution in [0.3, 0.4) is 0 Å². The monoisotopic (exact) mass is 421 g/mol. The molecule has 0 saturated carbocycles. The number of nitrogens with zero attached hydrogens (tertiary/aromatic N) is 2. The normalized spacial score (nSPS) is 10.9. The van der Waals surface area contributed by atoms with E-state index in [2.05, 4.69) is 36.2 Å². The molecule has 0 unspecified atom stereocenters. The summed E-state index contributed by atoms with van der Waals surface area (Å²) in [5.41, 5.74) is 10.2. The highest BCUT2D eigenvalue weighted by atomic mass is 79.9. The number of anilines is 1. The van der Waals surface area contributed by atoms with Crippen molar-refractivity contribution < 1.29 is 4.79 Å². The molecule has 2 aromatic carbocycles.